The topological polar surface area (TPSA) is 70.9 Å². The Balaban J connectivity index is 1.63. The van der Waals surface area contributed by atoms with Crippen LogP contribution in [0, 0.1) is 6.92 Å². The third-order valence-electron chi connectivity index (χ3n) is 5.09. The van der Waals surface area contributed by atoms with Crippen LogP contribution >= 0.6 is 0 Å². The Kier molecular flexibility index (Phi) is 5.80. The zero-order valence-electron chi connectivity index (χ0n) is 17.2. The van der Waals surface area contributed by atoms with Crippen LogP contribution in [0.25, 0.3) is 11.3 Å². The molecule has 0 aliphatic rings. The second-order valence-corrected chi connectivity index (χ2v) is 7.40. The van der Waals surface area contributed by atoms with Crippen LogP contribution in [-0.4, -0.2) is 16.0 Å². The van der Waals surface area contributed by atoms with E-state index in [1.165, 1.54) is 0 Å². The summed E-state index contributed by atoms with van der Waals surface area (Å²) in [7, 11) is 0. The molecule has 0 saturated heterocycles. The maximum atomic E-state index is 12.1. The first-order valence-corrected chi connectivity index (χ1v) is 10.2. The van der Waals surface area contributed by atoms with Gasteiger partial charge < -0.3 is 9.73 Å². The van der Waals surface area contributed by atoms with Crippen LogP contribution in [0.2, 0.25) is 0 Å². The monoisotopic (exact) mass is 399 g/mol. The van der Waals surface area contributed by atoms with Crippen molar-refractivity contribution in [1.29, 1.82) is 0 Å². The number of carbonyl (C=O) groups excluding carboxylic acids is 1. The smallest absolute Gasteiger partial charge is 0.162 e. The van der Waals surface area contributed by atoms with Gasteiger partial charge in [0.1, 0.15) is 11.5 Å². The molecule has 2 heterocycles. The van der Waals surface area contributed by atoms with Gasteiger partial charge in [0.05, 0.1) is 12.2 Å². The molecular weight excluding hydrogens is 374 g/mol. The molecule has 2 aromatic carbocycles. The summed E-state index contributed by atoms with van der Waals surface area (Å²) in [6, 6.07) is 19.8. The van der Waals surface area contributed by atoms with Gasteiger partial charge in [-0.3, -0.25) is 9.89 Å². The van der Waals surface area contributed by atoms with Gasteiger partial charge in [0, 0.05) is 35.0 Å². The summed E-state index contributed by atoms with van der Waals surface area (Å²) < 4.78 is 5.80. The predicted molar refractivity (Wildman–Crippen MR) is 119 cm³/mol. The van der Waals surface area contributed by atoms with Crippen molar-refractivity contribution in [3.8, 4) is 11.3 Å². The van der Waals surface area contributed by atoms with E-state index in [1.807, 2.05) is 74.8 Å². The molecule has 1 unspecified atom stereocenters. The highest BCUT2D eigenvalue weighted by molar-refractivity contribution is 5.96. The lowest BCUT2D eigenvalue weighted by molar-refractivity contribution is 0.0982. The number of benzene rings is 2. The van der Waals surface area contributed by atoms with E-state index in [0.29, 0.717) is 6.42 Å². The number of carbonyl (C=O) groups is 1. The number of anilines is 1. The van der Waals surface area contributed by atoms with E-state index in [-0.39, 0.29) is 11.8 Å². The number of aromatic amines is 1. The van der Waals surface area contributed by atoms with E-state index in [9.17, 15) is 4.79 Å². The molecule has 2 N–H and O–H groups in total. The molecule has 0 amide bonds. The minimum Gasteiger partial charge on any atom is -0.461 e. The van der Waals surface area contributed by atoms with Crippen molar-refractivity contribution in [1.82, 2.24) is 10.2 Å². The second kappa shape index (κ2) is 8.82. The van der Waals surface area contributed by atoms with Crippen molar-refractivity contribution in [3.05, 3.63) is 95.5 Å². The van der Waals surface area contributed by atoms with Gasteiger partial charge in [-0.1, -0.05) is 25.1 Å². The van der Waals surface area contributed by atoms with Gasteiger partial charge in [-0.25, -0.2) is 0 Å². The first kappa shape index (κ1) is 19.7. The molecule has 1 atom stereocenters. The van der Waals surface area contributed by atoms with Crippen LogP contribution in [0.5, 0.6) is 0 Å². The van der Waals surface area contributed by atoms with Gasteiger partial charge in [0.25, 0.3) is 0 Å². The number of nitrogens with zero attached hydrogens (tertiary/aromatic N) is 1. The Labute approximate surface area is 176 Å². The van der Waals surface area contributed by atoms with Gasteiger partial charge in [0.15, 0.2) is 5.78 Å². The van der Waals surface area contributed by atoms with E-state index in [2.05, 4.69) is 27.6 Å². The van der Waals surface area contributed by atoms with Crippen LogP contribution in [0.15, 0.2) is 77.5 Å². The number of hydrogen-bond donors (Lipinski definition) is 2. The summed E-state index contributed by atoms with van der Waals surface area (Å²) in [5.74, 6) is 1.91. The van der Waals surface area contributed by atoms with Crippen molar-refractivity contribution in [2.75, 3.05) is 5.32 Å². The molecule has 0 bridgehead atoms. The quantitative estimate of drug-likeness (QED) is 0.348. The largest absolute Gasteiger partial charge is 0.461 e. The summed E-state index contributed by atoms with van der Waals surface area (Å²) in [5.41, 5.74) is 4.82. The number of furan rings is 1. The number of nitrogens with one attached hydrogen (secondary N) is 2. The third kappa shape index (κ3) is 4.35. The molecule has 2 aromatic heterocycles. The van der Waals surface area contributed by atoms with Crippen LogP contribution in [-0.2, 0) is 0 Å². The van der Waals surface area contributed by atoms with E-state index < -0.39 is 0 Å². The zero-order chi connectivity index (χ0) is 20.9. The normalized spacial score (nSPS) is 11.9. The molecule has 152 valence electrons. The Morgan fingerprint density at radius 3 is 2.60 bits per heavy atom. The van der Waals surface area contributed by atoms with Gasteiger partial charge >= 0.3 is 0 Å². The molecule has 0 aliphatic carbocycles. The molecule has 5 heteroatoms. The predicted octanol–water partition coefficient (Wildman–Crippen LogP) is 6.16. The van der Waals surface area contributed by atoms with Crippen molar-refractivity contribution < 1.29 is 9.21 Å². The average Bonchev–Trinajstić information content (AvgIpc) is 3.45. The highest BCUT2D eigenvalue weighted by atomic mass is 16.3. The lowest BCUT2D eigenvalue weighted by atomic mass is 9.98. The lowest BCUT2D eigenvalue weighted by Gasteiger charge is -2.20. The van der Waals surface area contributed by atoms with Gasteiger partial charge in [-0.05, 0) is 61.4 Å². The maximum Gasteiger partial charge on any atom is 0.162 e. The number of aromatic nitrogens is 2. The van der Waals surface area contributed by atoms with E-state index >= 15 is 0 Å². The third-order valence-corrected chi connectivity index (χ3v) is 5.09. The van der Waals surface area contributed by atoms with Crippen molar-refractivity contribution in [3.63, 3.8) is 0 Å². The summed E-state index contributed by atoms with van der Waals surface area (Å²) in [6.07, 6.45) is 5.14. The fraction of sp³-hybridized carbons (Fsp3) is 0.200. The Bertz CT molecular complexity index is 1110. The number of Topliss-reactive ketones (excluding diaryl/α,β-unsaturated/α-hetero) is 1. The van der Waals surface area contributed by atoms with E-state index in [0.717, 1.165) is 45.9 Å². The first-order chi connectivity index (χ1) is 14.6. The van der Waals surface area contributed by atoms with Crippen LogP contribution in [0.3, 0.4) is 0 Å². The molecule has 0 spiro atoms. The van der Waals surface area contributed by atoms with E-state index in [1.54, 1.807) is 0 Å². The number of H-pyrrole nitrogens is 1. The molecule has 4 aromatic rings. The number of aryl methyl sites for hydroxylation is 1. The number of hydrogen-bond acceptors (Lipinski definition) is 4. The number of rotatable bonds is 8. The van der Waals surface area contributed by atoms with Crippen molar-refractivity contribution in [2.24, 2.45) is 0 Å². The highest BCUT2D eigenvalue weighted by Gasteiger charge is 2.17. The molecule has 0 aliphatic heterocycles. The van der Waals surface area contributed by atoms with Crippen molar-refractivity contribution >= 4 is 11.5 Å². The molecular formula is C25H25N3O2. The minimum absolute atomic E-state index is 0.100. The molecule has 4 rings (SSSR count). The molecule has 5 nitrogen and oxygen atoms in total. The van der Waals surface area contributed by atoms with Gasteiger partial charge in [-0.2, -0.15) is 5.10 Å². The Hall–Kier alpha value is -3.60. The average molecular weight is 399 g/mol. The first-order valence-electron chi connectivity index (χ1n) is 10.2. The van der Waals surface area contributed by atoms with Crippen LogP contribution < -0.4 is 5.32 Å². The summed E-state index contributed by atoms with van der Waals surface area (Å²) in [6.45, 7) is 3.96. The van der Waals surface area contributed by atoms with Gasteiger partial charge in [-0.15, -0.1) is 0 Å². The van der Waals surface area contributed by atoms with Gasteiger partial charge in [0.2, 0.25) is 0 Å². The number of ketones is 1. The standard InChI is InChI=1S/C25H25N3O2/c1-3-5-23(29)18-9-11-22(12-10-18)28-25(21-15-26-27-16-21)20-7-4-6-19(14-20)24-13-8-17(2)30-24/h4,6-16,25,28H,3,5H2,1-2H3,(H,26,27). The SMILES string of the molecule is CCCC(=O)c1ccc(NC(c2cn[nH]c2)c2cccc(-c3ccc(C)o3)c2)cc1. The fourth-order valence-electron chi connectivity index (χ4n) is 3.53. The lowest BCUT2D eigenvalue weighted by Crippen LogP contribution is -2.12. The van der Waals surface area contributed by atoms with E-state index in [4.69, 9.17) is 4.42 Å². The fourth-order valence-corrected chi connectivity index (χ4v) is 3.53. The summed E-state index contributed by atoms with van der Waals surface area (Å²) >= 11 is 0. The minimum atomic E-state index is -0.100. The molecule has 0 fully saturated rings. The molecule has 0 radical (unpaired) electrons. The van der Waals surface area contributed by atoms with Crippen LogP contribution in [0.4, 0.5) is 5.69 Å². The highest BCUT2D eigenvalue weighted by Crippen LogP contribution is 2.30. The summed E-state index contributed by atoms with van der Waals surface area (Å²) in [4.78, 5) is 12.1. The maximum absolute atomic E-state index is 12.1. The van der Waals surface area contributed by atoms with Crippen LogP contribution in [0.1, 0.15) is 53.1 Å². The summed E-state index contributed by atoms with van der Waals surface area (Å²) in [5, 5.41) is 10.6. The molecule has 30 heavy (non-hydrogen) atoms. The second-order valence-electron chi connectivity index (χ2n) is 7.40. The Morgan fingerprint density at radius 2 is 1.93 bits per heavy atom. The zero-order valence-corrected chi connectivity index (χ0v) is 17.2. The Morgan fingerprint density at radius 1 is 1.10 bits per heavy atom. The van der Waals surface area contributed by atoms with Crippen molar-refractivity contribution in [2.45, 2.75) is 32.7 Å². The molecule has 0 saturated carbocycles.